The van der Waals surface area contributed by atoms with E-state index >= 15 is 0 Å². The van der Waals surface area contributed by atoms with E-state index in [1.807, 2.05) is 13.8 Å². The summed E-state index contributed by atoms with van der Waals surface area (Å²) in [5, 5.41) is 21.0. The normalized spacial score (nSPS) is 21.9. The minimum atomic E-state index is -1.25. The molecule has 1 aromatic rings. The number of carboxylic acids is 1. The van der Waals surface area contributed by atoms with Crippen LogP contribution in [0.1, 0.15) is 24.2 Å². The number of hydrogen-bond donors (Lipinski definition) is 3. The highest BCUT2D eigenvalue weighted by Gasteiger charge is 2.26. The second-order valence-electron chi connectivity index (χ2n) is 5.13. The van der Waals surface area contributed by atoms with Crippen LogP contribution in [-0.4, -0.2) is 52.4 Å². The first kappa shape index (κ1) is 15.1. The first-order chi connectivity index (χ1) is 9.86. The van der Waals surface area contributed by atoms with Gasteiger partial charge in [0.1, 0.15) is 11.3 Å². The third-order valence-electron chi connectivity index (χ3n) is 3.19. The van der Waals surface area contributed by atoms with E-state index in [1.165, 1.54) is 18.2 Å². The van der Waals surface area contributed by atoms with Gasteiger partial charge in [0.05, 0.1) is 12.2 Å². The van der Waals surface area contributed by atoms with Crippen molar-refractivity contribution in [2.45, 2.75) is 26.1 Å². The van der Waals surface area contributed by atoms with Gasteiger partial charge in [-0.25, -0.2) is 9.59 Å². The number of nitrogens with zero attached hydrogens (tertiary/aromatic N) is 1. The summed E-state index contributed by atoms with van der Waals surface area (Å²) < 4.78 is 5.55. The molecule has 114 valence electrons. The molecule has 0 saturated carbocycles. The molecule has 2 unspecified atom stereocenters. The molecular formula is C14H18N2O5. The number of carboxylic acid groups (broad SMARTS) is 1. The highest BCUT2D eigenvalue weighted by molar-refractivity contribution is 5.95. The zero-order valence-corrected chi connectivity index (χ0v) is 11.9. The lowest BCUT2D eigenvalue weighted by Gasteiger charge is -2.35. The second-order valence-corrected chi connectivity index (χ2v) is 5.13. The first-order valence-corrected chi connectivity index (χ1v) is 6.64. The van der Waals surface area contributed by atoms with Gasteiger partial charge in [-0.15, -0.1) is 0 Å². The van der Waals surface area contributed by atoms with E-state index in [-0.39, 0.29) is 29.6 Å². The number of rotatable bonds is 2. The number of carbonyl (C=O) groups excluding carboxylic acids is 1. The van der Waals surface area contributed by atoms with Crippen LogP contribution in [0.4, 0.5) is 10.5 Å². The van der Waals surface area contributed by atoms with Gasteiger partial charge in [0.2, 0.25) is 0 Å². The number of anilines is 1. The summed E-state index contributed by atoms with van der Waals surface area (Å²) in [6.45, 7) is 4.72. The molecule has 0 aromatic heterocycles. The molecule has 1 aliphatic heterocycles. The monoisotopic (exact) mass is 294 g/mol. The SMILES string of the molecule is CC1CN(C(=O)Nc2ccc(O)c(C(=O)O)c2)CC(C)O1. The second kappa shape index (κ2) is 6.01. The molecule has 2 atom stereocenters. The third-order valence-corrected chi connectivity index (χ3v) is 3.19. The fourth-order valence-electron chi connectivity index (χ4n) is 2.33. The highest BCUT2D eigenvalue weighted by Crippen LogP contribution is 2.22. The lowest BCUT2D eigenvalue weighted by Crippen LogP contribution is -2.49. The van der Waals surface area contributed by atoms with Crippen LogP contribution in [0.2, 0.25) is 0 Å². The van der Waals surface area contributed by atoms with Gasteiger partial charge < -0.3 is 25.2 Å². The molecule has 0 aliphatic carbocycles. The third kappa shape index (κ3) is 3.63. The number of morpholine rings is 1. The lowest BCUT2D eigenvalue weighted by atomic mass is 10.2. The molecule has 0 bridgehead atoms. The van der Waals surface area contributed by atoms with Gasteiger partial charge in [-0.3, -0.25) is 0 Å². The van der Waals surface area contributed by atoms with Gasteiger partial charge in [-0.2, -0.15) is 0 Å². The van der Waals surface area contributed by atoms with Crippen molar-refractivity contribution in [3.8, 4) is 5.75 Å². The van der Waals surface area contributed by atoms with Gasteiger partial charge in [0.25, 0.3) is 0 Å². The number of amides is 2. The highest BCUT2D eigenvalue weighted by atomic mass is 16.5. The molecule has 2 rings (SSSR count). The largest absolute Gasteiger partial charge is 0.507 e. The van der Waals surface area contributed by atoms with Gasteiger partial charge in [-0.1, -0.05) is 0 Å². The number of hydrogen-bond acceptors (Lipinski definition) is 4. The average molecular weight is 294 g/mol. The van der Waals surface area contributed by atoms with Crippen LogP contribution in [0.25, 0.3) is 0 Å². The number of urea groups is 1. The number of benzene rings is 1. The number of ether oxygens (including phenoxy) is 1. The lowest BCUT2D eigenvalue weighted by molar-refractivity contribution is -0.0530. The van der Waals surface area contributed by atoms with Crippen molar-refractivity contribution in [1.29, 1.82) is 0 Å². The van der Waals surface area contributed by atoms with Crippen molar-refractivity contribution >= 4 is 17.7 Å². The predicted octanol–water partition coefficient (Wildman–Crippen LogP) is 1.73. The maximum Gasteiger partial charge on any atom is 0.339 e. The number of nitrogens with one attached hydrogen (secondary N) is 1. The molecule has 7 heteroatoms. The van der Waals surface area contributed by atoms with Crippen LogP contribution >= 0.6 is 0 Å². The van der Waals surface area contributed by atoms with E-state index in [0.717, 1.165) is 0 Å². The molecular weight excluding hydrogens is 276 g/mol. The van der Waals surface area contributed by atoms with E-state index < -0.39 is 5.97 Å². The summed E-state index contributed by atoms with van der Waals surface area (Å²) in [6, 6.07) is 3.60. The molecule has 0 radical (unpaired) electrons. The summed E-state index contributed by atoms with van der Waals surface area (Å²) in [5.41, 5.74) is 0.0681. The Balaban J connectivity index is 2.09. The van der Waals surface area contributed by atoms with Crippen LogP contribution in [-0.2, 0) is 4.74 Å². The molecule has 1 aromatic carbocycles. The molecule has 1 saturated heterocycles. The Morgan fingerprint density at radius 3 is 2.48 bits per heavy atom. The first-order valence-electron chi connectivity index (χ1n) is 6.64. The Labute approximate surface area is 122 Å². The minimum Gasteiger partial charge on any atom is -0.507 e. The Morgan fingerprint density at radius 2 is 1.90 bits per heavy atom. The number of carbonyl (C=O) groups is 2. The maximum atomic E-state index is 12.2. The molecule has 0 spiro atoms. The predicted molar refractivity (Wildman–Crippen MR) is 75.7 cm³/mol. The van der Waals surface area contributed by atoms with Crippen molar-refractivity contribution in [2.75, 3.05) is 18.4 Å². The molecule has 1 fully saturated rings. The summed E-state index contributed by atoms with van der Waals surface area (Å²) in [6.07, 6.45) is -0.0946. The maximum absolute atomic E-state index is 12.2. The van der Waals surface area contributed by atoms with Crippen molar-refractivity contribution in [2.24, 2.45) is 0 Å². The van der Waals surface area contributed by atoms with E-state index in [0.29, 0.717) is 18.8 Å². The summed E-state index contributed by atoms with van der Waals surface area (Å²) in [7, 11) is 0. The minimum absolute atomic E-state index is 0.0473. The van der Waals surface area contributed by atoms with E-state index in [9.17, 15) is 14.7 Å². The summed E-state index contributed by atoms with van der Waals surface area (Å²) in [4.78, 5) is 24.7. The van der Waals surface area contributed by atoms with Crippen molar-refractivity contribution in [3.63, 3.8) is 0 Å². The van der Waals surface area contributed by atoms with Crippen molar-refractivity contribution in [3.05, 3.63) is 23.8 Å². The van der Waals surface area contributed by atoms with Crippen LogP contribution in [0.3, 0.4) is 0 Å². The smallest absolute Gasteiger partial charge is 0.339 e. The zero-order chi connectivity index (χ0) is 15.6. The fraction of sp³-hybridized carbons (Fsp3) is 0.429. The quantitative estimate of drug-likeness (QED) is 0.721. The number of aromatic carboxylic acids is 1. The molecule has 1 heterocycles. The van der Waals surface area contributed by atoms with Crippen LogP contribution in [0.15, 0.2) is 18.2 Å². The van der Waals surface area contributed by atoms with Gasteiger partial charge >= 0.3 is 12.0 Å². The summed E-state index contributed by atoms with van der Waals surface area (Å²) >= 11 is 0. The van der Waals surface area contributed by atoms with Gasteiger partial charge in [-0.05, 0) is 32.0 Å². The molecule has 21 heavy (non-hydrogen) atoms. The molecule has 2 amide bonds. The van der Waals surface area contributed by atoms with Crippen molar-refractivity contribution in [1.82, 2.24) is 4.90 Å². The van der Waals surface area contributed by atoms with Gasteiger partial charge in [0, 0.05) is 18.8 Å². The fourth-order valence-corrected chi connectivity index (χ4v) is 2.33. The standard InChI is InChI=1S/C14H18N2O5/c1-8-6-16(7-9(2)21-8)14(20)15-10-3-4-12(17)11(5-10)13(18)19/h3-5,8-9,17H,6-7H2,1-2H3,(H,15,20)(H,18,19). The Hall–Kier alpha value is -2.28. The molecule has 7 nitrogen and oxygen atoms in total. The average Bonchev–Trinajstić information content (AvgIpc) is 2.39. The Morgan fingerprint density at radius 1 is 1.29 bits per heavy atom. The van der Waals surface area contributed by atoms with Crippen LogP contribution in [0.5, 0.6) is 5.75 Å². The zero-order valence-electron chi connectivity index (χ0n) is 11.9. The van der Waals surface area contributed by atoms with Crippen molar-refractivity contribution < 1.29 is 24.5 Å². The van der Waals surface area contributed by atoms with E-state index in [4.69, 9.17) is 9.84 Å². The summed E-state index contributed by atoms with van der Waals surface area (Å²) in [5.74, 6) is -1.59. The van der Waals surface area contributed by atoms with Crippen LogP contribution < -0.4 is 5.32 Å². The molecule has 1 aliphatic rings. The topological polar surface area (TPSA) is 99.1 Å². The van der Waals surface area contributed by atoms with Crippen LogP contribution in [0, 0.1) is 0 Å². The van der Waals surface area contributed by atoms with E-state index in [1.54, 1.807) is 4.90 Å². The Kier molecular flexibility index (Phi) is 4.32. The Bertz CT molecular complexity index is 550. The molecule has 3 N–H and O–H groups in total. The van der Waals surface area contributed by atoms with Gasteiger partial charge in [0.15, 0.2) is 0 Å². The van der Waals surface area contributed by atoms with E-state index in [2.05, 4.69) is 5.32 Å². The number of phenols is 1. The number of aromatic hydroxyl groups is 1.